The van der Waals surface area contributed by atoms with Gasteiger partial charge in [0.1, 0.15) is 6.61 Å². The SMILES string of the molecule is CCn1cncc1COc1c(C=O)cc(Cl)cc1OC. The van der Waals surface area contributed by atoms with Gasteiger partial charge in [-0.1, -0.05) is 11.6 Å². The van der Waals surface area contributed by atoms with E-state index in [2.05, 4.69) is 4.98 Å². The van der Waals surface area contributed by atoms with Crippen molar-refractivity contribution in [2.24, 2.45) is 0 Å². The van der Waals surface area contributed by atoms with Crippen LogP contribution in [0.3, 0.4) is 0 Å². The third kappa shape index (κ3) is 2.93. The Balaban J connectivity index is 2.26. The number of nitrogens with zero attached hydrogens (tertiary/aromatic N) is 2. The van der Waals surface area contributed by atoms with Crippen LogP contribution >= 0.6 is 11.6 Å². The van der Waals surface area contributed by atoms with Crippen molar-refractivity contribution in [3.8, 4) is 11.5 Å². The molecular weight excluding hydrogens is 280 g/mol. The summed E-state index contributed by atoms with van der Waals surface area (Å²) < 4.78 is 12.9. The van der Waals surface area contributed by atoms with Crippen LogP contribution in [-0.4, -0.2) is 22.9 Å². The number of rotatable bonds is 6. The molecule has 0 atom stereocenters. The lowest BCUT2D eigenvalue weighted by Gasteiger charge is -2.13. The molecule has 0 fully saturated rings. The summed E-state index contributed by atoms with van der Waals surface area (Å²) in [6.07, 6.45) is 4.16. The molecule has 0 radical (unpaired) electrons. The van der Waals surface area contributed by atoms with Gasteiger partial charge in [0, 0.05) is 17.6 Å². The maximum absolute atomic E-state index is 11.1. The molecule has 0 aliphatic carbocycles. The number of carbonyl (C=O) groups is 1. The smallest absolute Gasteiger partial charge is 0.172 e. The summed E-state index contributed by atoms with van der Waals surface area (Å²) in [5.41, 5.74) is 1.28. The second-order valence-corrected chi connectivity index (χ2v) is 4.54. The van der Waals surface area contributed by atoms with Gasteiger partial charge in [-0.2, -0.15) is 0 Å². The first-order chi connectivity index (χ1) is 9.69. The molecule has 0 aliphatic rings. The first kappa shape index (κ1) is 14.4. The Hall–Kier alpha value is -2.01. The van der Waals surface area contributed by atoms with E-state index in [1.165, 1.54) is 7.11 Å². The minimum atomic E-state index is 0.298. The van der Waals surface area contributed by atoms with Gasteiger partial charge in [0.2, 0.25) is 0 Å². The topological polar surface area (TPSA) is 53.4 Å². The lowest BCUT2D eigenvalue weighted by Crippen LogP contribution is -2.06. The maximum atomic E-state index is 11.1. The second-order valence-electron chi connectivity index (χ2n) is 4.10. The first-order valence-electron chi connectivity index (χ1n) is 6.14. The van der Waals surface area contributed by atoms with E-state index >= 15 is 0 Å². The highest BCUT2D eigenvalue weighted by atomic mass is 35.5. The average Bonchev–Trinajstić information content (AvgIpc) is 2.92. The van der Waals surface area contributed by atoms with Crippen molar-refractivity contribution in [2.75, 3.05) is 7.11 Å². The van der Waals surface area contributed by atoms with E-state index in [4.69, 9.17) is 21.1 Å². The molecule has 0 N–H and O–H groups in total. The Bertz CT molecular complexity index is 610. The molecule has 0 bridgehead atoms. The Morgan fingerprint density at radius 2 is 2.25 bits per heavy atom. The highest BCUT2D eigenvalue weighted by Gasteiger charge is 2.13. The number of aromatic nitrogens is 2. The molecule has 0 saturated carbocycles. The summed E-state index contributed by atoms with van der Waals surface area (Å²) in [4.78, 5) is 15.2. The molecule has 20 heavy (non-hydrogen) atoms. The van der Waals surface area contributed by atoms with Gasteiger partial charge in [0.05, 0.1) is 30.9 Å². The highest BCUT2D eigenvalue weighted by Crippen LogP contribution is 2.34. The fourth-order valence-corrected chi connectivity index (χ4v) is 2.10. The van der Waals surface area contributed by atoms with Gasteiger partial charge in [-0.25, -0.2) is 4.98 Å². The first-order valence-corrected chi connectivity index (χ1v) is 6.51. The van der Waals surface area contributed by atoms with Crippen LogP contribution in [0.15, 0.2) is 24.7 Å². The third-order valence-electron chi connectivity index (χ3n) is 2.90. The summed E-state index contributed by atoms with van der Waals surface area (Å²) in [7, 11) is 1.50. The Morgan fingerprint density at radius 3 is 2.90 bits per heavy atom. The zero-order valence-electron chi connectivity index (χ0n) is 11.3. The molecule has 0 aliphatic heterocycles. The molecule has 0 unspecified atom stereocenters. The quantitative estimate of drug-likeness (QED) is 0.769. The predicted molar refractivity (Wildman–Crippen MR) is 75.6 cm³/mol. The normalized spacial score (nSPS) is 10.3. The zero-order valence-corrected chi connectivity index (χ0v) is 12.1. The van der Waals surface area contributed by atoms with Gasteiger partial charge in [0.25, 0.3) is 0 Å². The molecule has 1 heterocycles. The van der Waals surface area contributed by atoms with Crippen LogP contribution in [0.25, 0.3) is 0 Å². The average molecular weight is 295 g/mol. The van der Waals surface area contributed by atoms with Gasteiger partial charge >= 0.3 is 0 Å². The predicted octanol–water partition coefficient (Wildman–Crippen LogP) is 2.96. The van der Waals surface area contributed by atoms with Crippen LogP contribution in [0, 0.1) is 0 Å². The molecule has 0 saturated heterocycles. The van der Waals surface area contributed by atoms with Crippen molar-refractivity contribution in [1.82, 2.24) is 9.55 Å². The van der Waals surface area contributed by atoms with E-state index < -0.39 is 0 Å². The number of carbonyl (C=O) groups excluding carboxylic acids is 1. The van der Waals surface area contributed by atoms with E-state index in [0.29, 0.717) is 35.0 Å². The Labute approximate surface area is 122 Å². The van der Waals surface area contributed by atoms with Gasteiger partial charge in [-0.3, -0.25) is 4.79 Å². The molecule has 6 heteroatoms. The number of ether oxygens (including phenoxy) is 2. The van der Waals surface area contributed by atoms with Gasteiger partial charge < -0.3 is 14.0 Å². The van der Waals surface area contributed by atoms with Crippen LogP contribution < -0.4 is 9.47 Å². The summed E-state index contributed by atoms with van der Waals surface area (Å²) in [6.45, 7) is 3.12. The summed E-state index contributed by atoms with van der Waals surface area (Å²) >= 11 is 5.92. The molecule has 2 rings (SSSR count). The Morgan fingerprint density at radius 1 is 1.45 bits per heavy atom. The summed E-state index contributed by atoms with van der Waals surface area (Å²) in [6, 6.07) is 3.16. The lowest BCUT2D eigenvalue weighted by atomic mass is 10.2. The van der Waals surface area contributed by atoms with Crippen molar-refractivity contribution >= 4 is 17.9 Å². The van der Waals surface area contributed by atoms with E-state index in [1.807, 2.05) is 11.5 Å². The highest BCUT2D eigenvalue weighted by molar-refractivity contribution is 6.31. The Kier molecular flexibility index (Phi) is 4.63. The molecular formula is C14H15ClN2O3. The second kappa shape index (κ2) is 6.43. The van der Waals surface area contributed by atoms with Crippen LogP contribution in [-0.2, 0) is 13.2 Å². The van der Waals surface area contributed by atoms with Crippen molar-refractivity contribution in [2.45, 2.75) is 20.1 Å². The number of imidazole rings is 1. The number of hydrogen-bond donors (Lipinski definition) is 0. The fourth-order valence-electron chi connectivity index (χ4n) is 1.88. The third-order valence-corrected chi connectivity index (χ3v) is 3.12. The van der Waals surface area contributed by atoms with E-state index in [9.17, 15) is 4.79 Å². The van der Waals surface area contributed by atoms with Crippen LogP contribution in [0.2, 0.25) is 5.02 Å². The van der Waals surface area contributed by atoms with Gasteiger partial charge in [0.15, 0.2) is 17.8 Å². The van der Waals surface area contributed by atoms with Crippen molar-refractivity contribution in [3.05, 3.63) is 40.9 Å². The number of aldehydes is 1. The molecule has 106 valence electrons. The fraction of sp³-hybridized carbons (Fsp3) is 0.286. The minimum Gasteiger partial charge on any atom is -0.493 e. The molecule has 1 aromatic carbocycles. The van der Waals surface area contributed by atoms with E-state index in [-0.39, 0.29) is 0 Å². The lowest BCUT2D eigenvalue weighted by molar-refractivity contribution is 0.111. The monoisotopic (exact) mass is 294 g/mol. The molecule has 2 aromatic rings. The summed E-state index contributed by atoms with van der Waals surface area (Å²) in [5, 5.41) is 0.426. The van der Waals surface area contributed by atoms with Crippen molar-refractivity contribution < 1.29 is 14.3 Å². The van der Waals surface area contributed by atoms with Crippen LogP contribution in [0.1, 0.15) is 23.0 Å². The van der Waals surface area contributed by atoms with E-state index in [1.54, 1.807) is 24.7 Å². The summed E-state index contributed by atoms with van der Waals surface area (Å²) in [5.74, 6) is 0.818. The standard InChI is InChI=1S/C14H15ClN2O3/c1-3-17-9-16-6-12(17)8-20-14-10(7-18)4-11(15)5-13(14)19-2/h4-7,9H,3,8H2,1-2H3. The maximum Gasteiger partial charge on any atom is 0.172 e. The number of aryl methyl sites for hydroxylation is 1. The number of benzene rings is 1. The van der Waals surface area contributed by atoms with E-state index in [0.717, 1.165) is 12.2 Å². The molecule has 0 spiro atoms. The number of methoxy groups -OCH3 is 1. The largest absolute Gasteiger partial charge is 0.493 e. The van der Waals surface area contributed by atoms with Crippen LogP contribution in [0.5, 0.6) is 11.5 Å². The van der Waals surface area contributed by atoms with Crippen molar-refractivity contribution in [3.63, 3.8) is 0 Å². The molecule has 0 amide bonds. The molecule has 1 aromatic heterocycles. The minimum absolute atomic E-state index is 0.298. The number of halogens is 1. The molecule has 5 nitrogen and oxygen atoms in total. The zero-order chi connectivity index (χ0) is 14.5. The van der Waals surface area contributed by atoms with Gasteiger partial charge in [-0.15, -0.1) is 0 Å². The van der Waals surface area contributed by atoms with Crippen molar-refractivity contribution in [1.29, 1.82) is 0 Å². The van der Waals surface area contributed by atoms with Crippen LogP contribution in [0.4, 0.5) is 0 Å². The number of hydrogen-bond acceptors (Lipinski definition) is 4. The van der Waals surface area contributed by atoms with Gasteiger partial charge in [-0.05, 0) is 13.0 Å².